The molecule has 2 aromatic heterocycles. The lowest BCUT2D eigenvalue weighted by molar-refractivity contribution is -0.118. The Balaban J connectivity index is 1.88. The number of anilines is 1. The van der Waals surface area contributed by atoms with Crippen LogP contribution in [0.5, 0.6) is 11.5 Å². The van der Waals surface area contributed by atoms with E-state index in [0.29, 0.717) is 28.5 Å². The number of hydrogen-bond acceptors (Lipinski definition) is 7. The number of phenols is 1. The molecule has 4 rings (SSSR count). The number of imidazole rings is 1. The summed E-state index contributed by atoms with van der Waals surface area (Å²) in [4.78, 5) is 39.3. The maximum absolute atomic E-state index is 11.6. The fraction of sp³-hybridized carbons (Fsp3) is 0.292. The number of nitrogens with one attached hydrogen (secondary N) is 1. The molecule has 0 saturated heterocycles. The smallest absolute Gasteiger partial charge is 0.504 e. The monoisotopic (exact) mass is 547 g/mol. The molecule has 11 nitrogen and oxygen atoms in total. The number of hydrogen-bond donors (Lipinski definition) is 5. The first-order chi connectivity index (χ1) is 17.6. The van der Waals surface area contributed by atoms with E-state index in [4.69, 9.17) is 22.3 Å². The van der Waals surface area contributed by atoms with Crippen molar-refractivity contribution in [3.8, 4) is 11.5 Å². The van der Waals surface area contributed by atoms with Crippen molar-refractivity contribution < 1.29 is 28.8 Å². The molecule has 0 aliphatic carbocycles. The first-order valence-corrected chi connectivity index (χ1v) is 13.6. The molecule has 37 heavy (non-hydrogen) atoms. The predicted octanol–water partition coefficient (Wildman–Crippen LogP) is 3.59. The molecule has 0 bridgehead atoms. The van der Waals surface area contributed by atoms with Crippen LogP contribution in [0.1, 0.15) is 36.7 Å². The molecule has 0 fully saturated rings. The molecule has 6 N–H and O–H groups in total. The summed E-state index contributed by atoms with van der Waals surface area (Å²) in [5, 5.41) is 14.2. The zero-order valence-electron chi connectivity index (χ0n) is 20.0. The van der Waals surface area contributed by atoms with Crippen LogP contribution in [0.3, 0.4) is 0 Å². The number of pyridine rings is 1. The van der Waals surface area contributed by atoms with Crippen molar-refractivity contribution in [1.82, 2.24) is 19.9 Å². The van der Waals surface area contributed by atoms with Crippen molar-refractivity contribution >= 4 is 53.1 Å². The Morgan fingerprint density at radius 1 is 1.24 bits per heavy atom. The second-order valence-electron chi connectivity index (χ2n) is 8.52. The van der Waals surface area contributed by atoms with E-state index in [1.807, 2.05) is 22.8 Å². The predicted molar refractivity (Wildman–Crippen MR) is 141 cm³/mol. The molecule has 196 valence electrons. The van der Waals surface area contributed by atoms with Crippen molar-refractivity contribution in [3.05, 3.63) is 53.3 Å². The Kier molecular flexibility index (Phi) is 7.89. The van der Waals surface area contributed by atoms with Gasteiger partial charge in [0.05, 0.1) is 17.6 Å². The highest BCUT2D eigenvalue weighted by atomic mass is 35.5. The van der Waals surface area contributed by atoms with Crippen LogP contribution in [-0.2, 0) is 28.9 Å². The standard InChI is InChI=1S/C24H27ClN5O6P/c1-2-3-7-19-29-21-22(30(19)13-15-5-4-6-18(23(15)32)36-37(33,34)35)16-10-14(12-27-20(31)11-25)8-9-17(16)28-24(21)26/h4-6,8-10,32H,2-3,7,11-13H2,1H3,(H2,26,28)(H,27,31)(H2,33,34,35). The highest BCUT2D eigenvalue weighted by molar-refractivity contribution is 7.46. The first kappa shape index (κ1) is 26.7. The minimum atomic E-state index is -4.87. The van der Waals surface area contributed by atoms with E-state index in [9.17, 15) is 24.3 Å². The molecule has 0 spiro atoms. The number of alkyl halides is 1. The van der Waals surface area contributed by atoms with Gasteiger partial charge in [0.15, 0.2) is 17.3 Å². The van der Waals surface area contributed by atoms with E-state index >= 15 is 0 Å². The van der Waals surface area contributed by atoms with E-state index in [1.54, 1.807) is 6.07 Å². The van der Waals surface area contributed by atoms with Crippen LogP contribution in [0, 0.1) is 0 Å². The third kappa shape index (κ3) is 5.97. The summed E-state index contributed by atoms with van der Waals surface area (Å²) in [6, 6.07) is 9.99. The number of phosphoric acid groups is 1. The Hall–Kier alpha value is -3.37. The minimum absolute atomic E-state index is 0.130. The highest BCUT2D eigenvalue weighted by Crippen LogP contribution is 2.43. The number of aromatic nitrogens is 3. The van der Waals surface area contributed by atoms with Gasteiger partial charge in [-0.15, -0.1) is 11.6 Å². The number of amides is 1. The highest BCUT2D eigenvalue weighted by Gasteiger charge is 2.22. The average Bonchev–Trinajstić information content (AvgIpc) is 3.22. The number of nitrogens with two attached hydrogens (primary N) is 1. The van der Waals surface area contributed by atoms with Crippen molar-refractivity contribution in [2.24, 2.45) is 0 Å². The summed E-state index contributed by atoms with van der Waals surface area (Å²) < 4.78 is 17.9. The number of rotatable bonds is 10. The second-order valence-corrected chi connectivity index (χ2v) is 9.95. The quantitative estimate of drug-likeness (QED) is 0.147. The number of phenolic OH excluding ortho intramolecular Hbond substituents is 1. The lowest BCUT2D eigenvalue weighted by Crippen LogP contribution is -2.23. The third-order valence-corrected chi connectivity index (χ3v) is 6.52. The molecular weight excluding hydrogens is 521 g/mol. The van der Waals surface area contributed by atoms with Gasteiger partial charge in [0.2, 0.25) is 5.91 Å². The van der Waals surface area contributed by atoms with E-state index < -0.39 is 7.82 Å². The molecular formula is C24H27ClN5O6P. The molecule has 13 heteroatoms. The zero-order valence-corrected chi connectivity index (χ0v) is 21.7. The van der Waals surface area contributed by atoms with Crippen molar-refractivity contribution in [3.63, 3.8) is 0 Å². The van der Waals surface area contributed by atoms with Crippen molar-refractivity contribution in [2.45, 2.75) is 39.3 Å². The van der Waals surface area contributed by atoms with E-state index in [0.717, 1.165) is 29.6 Å². The zero-order chi connectivity index (χ0) is 26.7. The summed E-state index contributed by atoms with van der Waals surface area (Å²) in [5.74, 6) is -0.164. The minimum Gasteiger partial charge on any atom is -0.504 e. The maximum atomic E-state index is 11.6. The number of carbonyl (C=O) groups excluding carboxylic acids is 1. The van der Waals surface area contributed by atoms with Gasteiger partial charge in [-0.25, -0.2) is 14.5 Å². The first-order valence-electron chi connectivity index (χ1n) is 11.6. The fourth-order valence-corrected chi connectivity index (χ4v) is 4.62. The molecule has 0 aliphatic rings. The number of unbranched alkanes of at least 4 members (excludes halogenated alkanes) is 1. The van der Waals surface area contributed by atoms with Gasteiger partial charge in [-0.2, -0.15) is 0 Å². The Morgan fingerprint density at radius 3 is 2.73 bits per heavy atom. The van der Waals surface area contributed by atoms with Gasteiger partial charge >= 0.3 is 7.82 Å². The third-order valence-electron chi connectivity index (χ3n) is 5.84. The van der Waals surface area contributed by atoms with Crippen LogP contribution in [0.2, 0.25) is 0 Å². The molecule has 0 saturated carbocycles. The molecule has 4 aromatic rings. The number of nitrogen functional groups attached to an aromatic ring is 1. The van der Waals surface area contributed by atoms with E-state index in [2.05, 4.69) is 21.7 Å². The number of aromatic hydroxyl groups is 1. The normalized spacial score (nSPS) is 11.8. The molecule has 1 amide bonds. The van der Waals surface area contributed by atoms with Gasteiger partial charge in [-0.3, -0.25) is 14.6 Å². The number of carbonyl (C=O) groups is 1. The van der Waals surface area contributed by atoms with E-state index in [-0.39, 0.29) is 42.2 Å². The summed E-state index contributed by atoms with van der Waals surface area (Å²) >= 11 is 5.59. The van der Waals surface area contributed by atoms with Crippen LogP contribution in [0.15, 0.2) is 36.4 Å². The van der Waals surface area contributed by atoms with Gasteiger partial charge in [-0.1, -0.05) is 31.5 Å². The molecule has 0 aliphatic heterocycles. The number of halogens is 1. The van der Waals surface area contributed by atoms with Crippen LogP contribution in [0.25, 0.3) is 21.9 Å². The lowest BCUT2D eigenvalue weighted by atomic mass is 10.1. The molecule has 0 atom stereocenters. The molecule has 2 heterocycles. The summed E-state index contributed by atoms with van der Waals surface area (Å²) in [7, 11) is -4.87. The Bertz CT molecular complexity index is 1520. The number of nitrogens with zero attached hydrogens (tertiary/aromatic N) is 3. The molecule has 0 radical (unpaired) electrons. The fourth-order valence-electron chi connectivity index (χ4n) is 4.13. The van der Waals surface area contributed by atoms with Gasteiger partial charge in [0, 0.05) is 23.9 Å². The molecule has 0 unspecified atom stereocenters. The van der Waals surface area contributed by atoms with Gasteiger partial charge in [-0.05, 0) is 30.2 Å². The average molecular weight is 548 g/mol. The Labute approximate surface area is 217 Å². The number of fused-ring (bicyclic) bond motifs is 3. The molecule has 2 aromatic carbocycles. The van der Waals surface area contributed by atoms with Crippen LogP contribution < -0.4 is 15.6 Å². The van der Waals surface area contributed by atoms with Crippen LogP contribution in [0.4, 0.5) is 5.82 Å². The lowest BCUT2D eigenvalue weighted by Gasteiger charge is -2.15. The van der Waals surface area contributed by atoms with Gasteiger partial charge in [0.25, 0.3) is 0 Å². The van der Waals surface area contributed by atoms with E-state index in [1.165, 1.54) is 12.1 Å². The number of aryl methyl sites for hydroxylation is 1. The Morgan fingerprint density at radius 2 is 2.03 bits per heavy atom. The van der Waals surface area contributed by atoms with Crippen molar-refractivity contribution in [1.29, 1.82) is 0 Å². The topological polar surface area (TPSA) is 173 Å². The number of para-hydroxylation sites is 1. The SMILES string of the molecule is CCCCc1nc2c(N)nc3ccc(CNC(=O)CCl)cc3c2n1Cc1cccc(OP(=O)(O)O)c1O. The number of benzene rings is 2. The van der Waals surface area contributed by atoms with Gasteiger partial charge < -0.3 is 25.2 Å². The largest absolute Gasteiger partial charge is 0.524 e. The summed E-state index contributed by atoms with van der Waals surface area (Å²) in [6.45, 7) is 2.46. The maximum Gasteiger partial charge on any atom is 0.524 e. The summed E-state index contributed by atoms with van der Waals surface area (Å²) in [5.41, 5.74) is 9.31. The van der Waals surface area contributed by atoms with Crippen molar-refractivity contribution in [2.75, 3.05) is 11.6 Å². The van der Waals surface area contributed by atoms with Crippen LogP contribution in [-0.4, -0.2) is 41.2 Å². The van der Waals surface area contributed by atoms with Crippen LogP contribution >= 0.6 is 19.4 Å². The van der Waals surface area contributed by atoms with Gasteiger partial charge in [0.1, 0.15) is 17.2 Å². The number of phosphoric ester groups is 1. The summed E-state index contributed by atoms with van der Waals surface area (Å²) in [6.07, 6.45) is 2.42. The second kappa shape index (κ2) is 10.9.